The molecule has 4 heteroatoms. The third kappa shape index (κ3) is 3.90. The molecule has 1 unspecified atom stereocenters. The van der Waals surface area contributed by atoms with Crippen molar-refractivity contribution in [1.82, 2.24) is 0 Å². The maximum absolute atomic E-state index is 11.0. The van der Waals surface area contributed by atoms with Crippen molar-refractivity contribution in [3.8, 4) is 0 Å². The van der Waals surface area contributed by atoms with Gasteiger partial charge in [-0.05, 0) is 18.6 Å². The number of carbonyl (C=O) groups excluding carboxylic acids is 1. The van der Waals surface area contributed by atoms with Crippen LogP contribution in [-0.4, -0.2) is 30.2 Å². The van der Waals surface area contributed by atoms with Gasteiger partial charge in [-0.25, -0.2) is 0 Å². The number of aliphatic hydroxyl groups excluding tert-OH is 1. The molecule has 0 heterocycles. The Labute approximate surface area is 95.7 Å². The van der Waals surface area contributed by atoms with Crippen LogP contribution < -0.4 is 10.6 Å². The molecule has 1 aromatic rings. The van der Waals surface area contributed by atoms with Gasteiger partial charge in [-0.2, -0.15) is 0 Å². The molecule has 1 rings (SSSR count). The average molecular weight is 222 g/mol. The molecule has 4 nitrogen and oxygen atoms in total. The molecule has 0 aliphatic carbocycles. The van der Waals surface area contributed by atoms with E-state index in [0.717, 1.165) is 5.69 Å². The van der Waals surface area contributed by atoms with Crippen LogP contribution in [0, 0.1) is 0 Å². The summed E-state index contributed by atoms with van der Waals surface area (Å²) in [5, 5.41) is 9.61. The van der Waals surface area contributed by atoms with Gasteiger partial charge >= 0.3 is 0 Å². The van der Waals surface area contributed by atoms with Crippen LogP contribution in [0.15, 0.2) is 30.3 Å². The number of amides is 1. The zero-order chi connectivity index (χ0) is 12.0. The first-order valence-corrected chi connectivity index (χ1v) is 5.39. The van der Waals surface area contributed by atoms with Gasteiger partial charge in [-0.1, -0.05) is 25.1 Å². The van der Waals surface area contributed by atoms with Gasteiger partial charge in [-0.15, -0.1) is 0 Å². The molecule has 1 atom stereocenters. The normalized spacial score (nSPS) is 12.1. The highest BCUT2D eigenvalue weighted by atomic mass is 16.3. The summed E-state index contributed by atoms with van der Waals surface area (Å²) in [6, 6.07) is 9.47. The smallest absolute Gasteiger partial charge is 0.236 e. The molecule has 1 amide bonds. The lowest BCUT2D eigenvalue weighted by atomic mass is 10.2. The second-order valence-electron chi connectivity index (χ2n) is 3.74. The highest BCUT2D eigenvalue weighted by Gasteiger charge is 2.12. The SMILES string of the molecule is CCC(O)CN(CC(N)=O)c1ccccc1. The van der Waals surface area contributed by atoms with E-state index in [9.17, 15) is 9.90 Å². The van der Waals surface area contributed by atoms with E-state index in [1.807, 2.05) is 37.3 Å². The number of para-hydroxylation sites is 1. The molecule has 0 aliphatic rings. The number of hydrogen-bond donors (Lipinski definition) is 2. The number of benzene rings is 1. The topological polar surface area (TPSA) is 66.6 Å². The average Bonchev–Trinajstić information content (AvgIpc) is 2.28. The van der Waals surface area contributed by atoms with E-state index in [4.69, 9.17) is 5.73 Å². The van der Waals surface area contributed by atoms with E-state index in [1.165, 1.54) is 0 Å². The van der Waals surface area contributed by atoms with Gasteiger partial charge in [0.25, 0.3) is 0 Å². The fourth-order valence-electron chi connectivity index (χ4n) is 1.47. The Hall–Kier alpha value is -1.55. The van der Waals surface area contributed by atoms with Crippen molar-refractivity contribution in [3.63, 3.8) is 0 Å². The number of anilines is 1. The molecule has 0 spiro atoms. The van der Waals surface area contributed by atoms with E-state index >= 15 is 0 Å². The number of primary amides is 1. The Morgan fingerprint density at radius 2 is 2.06 bits per heavy atom. The number of carbonyl (C=O) groups is 1. The Bertz CT molecular complexity index is 327. The zero-order valence-electron chi connectivity index (χ0n) is 9.47. The fraction of sp³-hybridized carbons (Fsp3) is 0.417. The van der Waals surface area contributed by atoms with E-state index in [2.05, 4.69) is 0 Å². The lowest BCUT2D eigenvalue weighted by molar-refractivity contribution is -0.116. The summed E-state index contributed by atoms with van der Waals surface area (Å²) in [7, 11) is 0. The number of hydrogen-bond acceptors (Lipinski definition) is 3. The second-order valence-corrected chi connectivity index (χ2v) is 3.74. The molecule has 1 aromatic carbocycles. The summed E-state index contributed by atoms with van der Waals surface area (Å²) < 4.78 is 0. The highest BCUT2D eigenvalue weighted by molar-refractivity contribution is 5.79. The van der Waals surface area contributed by atoms with Crippen molar-refractivity contribution in [2.75, 3.05) is 18.0 Å². The first kappa shape index (κ1) is 12.5. The Kier molecular flexibility index (Phi) is 4.79. The van der Waals surface area contributed by atoms with Crippen LogP contribution in [0.25, 0.3) is 0 Å². The van der Waals surface area contributed by atoms with Gasteiger partial charge in [0, 0.05) is 12.2 Å². The number of nitrogens with zero attached hydrogens (tertiary/aromatic N) is 1. The van der Waals surface area contributed by atoms with E-state index in [0.29, 0.717) is 13.0 Å². The maximum Gasteiger partial charge on any atom is 0.236 e. The minimum Gasteiger partial charge on any atom is -0.391 e. The minimum absolute atomic E-state index is 0.126. The summed E-state index contributed by atoms with van der Waals surface area (Å²) in [6.45, 7) is 2.45. The monoisotopic (exact) mass is 222 g/mol. The molecular formula is C12H18N2O2. The van der Waals surface area contributed by atoms with E-state index in [1.54, 1.807) is 4.90 Å². The van der Waals surface area contributed by atoms with Crippen LogP contribution in [0.2, 0.25) is 0 Å². The van der Waals surface area contributed by atoms with Crippen molar-refractivity contribution in [3.05, 3.63) is 30.3 Å². The quantitative estimate of drug-likeness (QED) is 0.746. The van der Waals surface area contributed by atoms with Gasteiger partial charge in [0.1, 0.15) is 0 Å². The van der Waals surface area contributed by atoms with Crippen molar-refractivity contribution in [2.45, 2.75) is 19.4 Å². The van der Waals surface area contributed by atoms with Gasteiger partial charge in [0.05, 0.1) is 12.6 Å². The Morgan fingerprint density at radius 1 is 1.44 bits per heavy atom. The largest absolute Gasteiger partial charge is 0.391 e. The summed E-state index contributed by atoms with van der Waals surface area (Å²) in [5.74, 6) is -0.396. The molecule has 0 bridgehead atoms. The van der Waals surface area contributed by atoms with Crippen molar-refractivity contribution < 1.29 is 9.90 Å². The number of rotatable bonds is 6. The minimum atomic E-state index is -0.445. The maximum atomic E-state index is 11.0. The first-order chi connectivity index (χ1) is 7.63. The molecule has 3 N–H and O–H groups in total. The first-order valence-electron chi connectivity index (χ1n) is 5.39. The van der Waals surface area contributed by atoms with Crippen LogP contribution in [0.3, 0.4) is 0 Å². The molecule has 0 aliphatic heterocycles. The van der Waals surface area contributed by atoms with Crippen LogP contribution in [0.1, 0.15) is 13.3 Å². The molecular weight excluding hydrogens is 204 g/mol. The Balaban J connectivity index is 2.75. The predicted molar refractivity (Wildman–Crippen MR) is 64.1 cm³/mol. The van der Waals surface area contributed by atoms with Crippen LogP contribution in [0.4, 0.5) is 5.69 Å². The summed E-state index contributed by atoms with van der Waals surface area (Å²) in [5.41, 5.74) is 6.08. The lowest BCUT2D eigenvalue weighted by Gasteiger charge is -2.25. The lowest BCUT2D eigenvalue weighted by Crippen LogP contribution is -2.38. The second kappa shape index (κ2) is 6.12. The van der Waals surface area contributed by atoms with Crippen molar-refractivity contribution in [2.24, 2.45) is 5.73 Å². The molecule has 0 fully saturated rings. The van der Waals surface area contributed by atoms with Gasteiger partial charge in [-0.3, -0.25) is 4.79 Å². The summed E-state index contributed by atoms with van der Waals surface area (Å²) in [4.78, 5) is 12.7. The zero-order valence-corrected chi connectivity index (χ0v) is 9.47. The standard InChI is InChI=1S/C12H18N2O2/c1-2-11(15)8-14(9-12(13)16)10-6-4-3-5-7-10/h3-7,11,15H,2,8-9H2,1H3,(H2,13,16). The molecule has 0 radical (unpaired) electrons. The molecule has 0 aromatic heterocycles. The molecule has 16 heavy (non-hydrogen) atoms. The third-order valence-corrected chi connectivity index (χ3v) is 2.37. The van der Waals surface area contributed by atoms with Crippen molar-refractivity contribution in [1.29, 1.82) is 0 Å². The van der Waals surface area contributed by atoms with Crippen molar-refractivity contribution >= 4 is 11.6 Å². The summed E-state index contributed by atoms with van der Waals surface area (Å²) in [6.07, 6.45) is 0.210. The third-order valence-electron chi connectivity index (χ3n) is 2.37. The van der Waals surface area contributed by atoms with E-state index in [-0.39, 0.29) is 6.54 Å². The van der Waals surface area contributed by atoms with Crippen LogP contribution >= 0.6 is 0 Å². The molecule has 88 valence electrons. The molecule has 0 saturated carbocycles. The van der Waals surface area contributed by atoms with Crippen LogP contribution in [0.5, 0.6) is 0 Å². The van der Waals surface area contributed by atoms with E-state index < -0.39 is 12.0 Å². The van der Waals surface area contributed by atoms with Gasteiger partial charge in [0.2, 0.25) is 5.91 Å². The van der Waals surface area contributed by atoms with Crippen LogP contribution in [-0.2, 0) is 4.79 Å². The predicted octanol–water partition coefficient (Wildman–Crippen LogP) is 0.749. The number of nitrogens with two attached hydrogens (primary N) is 1. The van der Waals surface area contributed by atoms with Gasteiger partial charge < -0.3 is 15.7 Å². The fourth-order valence-corrected chi connectivity index (χ4v) is 1.47. The summed E-state index contributed by atoms with van der Waals surface area (Å²) >= 11 is 0. The number of aliphatic hydroxyl groups is 1. The Morgan fingerprint density at radius 3 is 2.56 bits per heavy atom. The van der Waals surface area contributed by atoms with Gasteiger partial charge in [0.15, 0.2) is 0 Å². The highest BCUT2D eigenvalue weighted by Crippen LogP contribution is 2.13. The molecule has 0 saturated heterocycles.